The SMILES string of the molecule is CCCCN(c1ccccc1)c1nnc(C(C)N)o1. The molecule has 1 atom stereocenters. The first kappa shape index (κ1) is 13.5. The summed E-state index contributed by atoms with van der Waals surface area (Å²) in [6.45, 7) is 4.83. The molecular formula is C14H20N4O. The number of hydrogen-bond donors (Lipinski definition) is 1. The lowest BCUT2D eigenvalue weighted by Crippen LogP contribution is -2.18. The lowest BCUT2D eigenvalue weighted by molar-refractivity contribution is 0.463. The van der Waals surface area contributed by atoms with Gasteiger partial charge in [-0.1, -0.05) is 36.6 Å². The van der Waals surface area contributed by atoms with Gasteiger partial charge in [0, 0.05) is 12.2 Å². The second kappa shape index (κ2) is 6.33. The van der Waals surface area contributed by atoms with Crippen LogP contribution in [0.15, 0.2) is 34.7 Å². The quantitative estimate of drug-likeness (QED) is 0.864. The van der Waals surface area contributed by atoms with Crippen LogP contribution >= 0.6 is 0 Å². The van der Waals surface area contributed by atoms with Gasteiger partial charge in [0.05, 0.1) is 6.04 Å². The number of rotatable bonds is 6. The molecule has 2 N–H and O–H groups in total. The topological polar surface area (TPSA) is 68.2 Å². The first-order valence-corrected chi connectivity index (χ1v) is 6.64. The van der Waals surface area contributed by atoms with E-state index in [0.29, 0.717) is 11.9 Å². The van der Waals surface area contributed by atoms with E-state index < -0.39 is 0 Å². The van der Waals surface area contributed by atoms with Crippen molar-refractivity contribution in [2.45, 2.75) is 32.7 Å². The summed E-state index contributed by atoms with van der Waals surface area (Å²) in [5.41, 5.74) is 6.80. The molecule has 2 rings (SSSR count). The van der Waals surface area contributed by atoms with Crippen molar-refractivity contribution in [1.29, 1.82) is 0 Å². The molecule has 0 radical (unpaired) electrons. The van der Waals surface area contributed by atoms with E-state index >= 15 is 0 Å². The highest BCUT2D eigenvalue weighted by Crippen LogP contribution is 2.25. The van der Waals surface area contributed by atoms with Crippen LogP contribution in [-0.4, -0.2) is 16.7 Å². The van der Waals surface area contributed by atoms with E-state index in [9.17, 15) is 0 Å². The largest absolute Gasteiger partial charge is 0.406 e. The van der Waals surface area contributed by atoms with Crippen molar-refractivity contribution < 1.29 is 4.42 Å². The van der Waals surface area contributed by atoms with Gasteiger partial charge in [0.15, 0.2) is 0 Å². The van der Waals surface area contributed by atoms with Gasteiger partial charge >= 0.3 is 6.01 Å². The molecule has 0 aliphatic carbocycles. The third-order valence-corrected chi connectivity index (χ3v) is 2.85. The van der Waals surface area contributed by atoms with E-state index in [4.69, 9.17) is 10.2 Å². The van der Waals surface area contributed by atoms with Gasteiger partial charge in [0.25, 0.3) is 0 Å². The summed E-state index contributed by atoms with van der Waals surface area (Å²) in [7, 11) is 0. The predicted molar refractivity (Wildman–Crippen MR) is 75.3 cm³/mol. The smallest absolute Gasteiger partial charge is 0.322 e. The van der Waals surface area contributed by atoms with Gasteiger partial charge in [-0.05, 0) is 25.5 Å². The number of anilines is 2. The number of benzene rings is 1. The number of aromatic nitrogens is 2. The zero-order valence-electron chi connectivity index (χ0n) is 11.4. The van der Waals surface area contributed by atoms with Crippen molar-refractivity contribution in [3.8, 4) is 0 Å². The Morgan fingerprint density at radius 2 is 2.00 bits per heavy atom. The summed E-state index contributed by atoms with van der Waals surface area (Å²) in [4.78, 5) is 2.03. The molecule has 0 spiro atoms. The highest BCUT2D eigenvalue weighted by molar-refractivity contribution is 5.55. The highest BCUT2D eigenvalue weighted by atomic mass is 16.4. The van der Waals surface area contributed by atoms with Crippen molar-refractivity contribution in [1.82, 2.24) is 10.2 Å². The highest BCUT2D eigenvalue weighted by Gasteiger charge is 2.17. The molecule has 0 saturated carbocycles. The minimum Gasteiger partial charge on any atom is -0.406 e. The maximum absolute atomic E-state index is 5.75. The first-order chi connectivity index (χ1) is 9.22. The second-order valence-corrected chi connectivity index (χ2v) is 4.55. The number of hydrogen-bond acceptors (Lipinski definition) is 5. The molecule has 0 bridgehead atoms. The lowest BCUT2D eigenvalue weighted by Gasteiger charge is -2.19. The van der Waals surface area contributed by atoms with Gasteiger partial charge in [-0.25, -0.2) is 0 Å². The summed E-state index contributed by atoms with van der Waals surface area (Å²) >= 11 is 0. The van der Waals surface area contributed by atoms with Crippen LogP contribution in [0, 0.1) is 0 Å². The molecule has 19 heavy (non-hydrogen) atoms. The molecular weight excluding hydrogens is 240 g/mol. The number of unbranched alkanes of at least 4 members (excludes halogenated alkanes) is 1. The van der Waals surface area contributed by atoms with Gasteiger partial charge in [0.1, 0.15) is 0 Å². The Hall–Kier alpha value is -1.88. The van der Waals surface area contributed by atoms with Crippen LogP contribution in [-0.2, 0) is 0 Å². The minimum atomic E-state index is -0.245. The summed E-state index contributed by atoms with van der Waals surface area (Å²) in [5.74, 6) is 0.465. The molecule has 1 heterocycles. The average molecular weight is 260 g/mol. The molecule has 2 aromatic rings. The van der Waals surface area contributed by atoms with Crippen molar-refractivity contribution in [2.24, 2.45) is 5.73 Å². The molecule has 0 fully saturated rings. The first-order valence-electron chi connectivity index (χ1n) is 6.64. The second-order valence-electron chi connectivity index (χ2n) is 4.55. The van der Waals surface area contributed by atoms with Gasteiger partial charge in [-0.3, -0.25) is 4.90 Å². The molecule has 5 nitrogen and oxygen atoms in total. The fourth-order valence-electron chi connectivity index (χ4n) is 1.78. The van der Waals surface area contributed by atoms with Crippen molar-refractivity contribution in [3.05, 3.63) is 36.2 Å². The summed E-state index contributed by atoms with van der Waals surface area (Å²) in [5, 5.41) is 8.08. The Balaban J connectivity index is 2.26. The molecule has 0 aliphatic heterocycles. The molecule has 1 unspecified atom stereocenters. The average Bonchev–Trinajstić information content (AvgIpc) is 2.90. The Morgan fingerprint density at radius 1 is 1.26 bits per heavy atom. The van der Waals surface area contributed by atoms with Crippen LogP contribution in [0.5, 0.6) is 0 Å². The van der Waals surface area contributed by atoms with Crippen LogP contribution in [0.25, 0.3) is 0 Å². The molecule has 1 aromatic carbocycles. The van der Waals surface area contributed by atoms with E-state index in [0.717, 1.165) is 25.1 Å². The van der Waals surface area contributed by atoms with Crippen LogP contribution in [0.4, 0.5) is 11.7 Å². The summed E-state index contributed by atoms with van der Waals surface area (Å²) in [6.07, 6.45) is 2.17. The molecule has 0 amide bonds. The number of nitrogens with zero attached hydrogens (tertiary/aromatic N) is 3. The molecule has 1 aromatic heterocycles. The minimum absolute atomic E-state index is 0.245. The maximum atomic E-state index is 5.75. The lowest BCUT2D eigenvalue weighted by atomic mass is 10.2. The Morgan fingerprint density at radius 3 is 2.58 bits per heavy atom. The third kappa shape index (κ3) is 3.32. The van der Waals surface area contributed by atoms with E-state index in [-0.39, 0.29) is 6.04 Å². The molecule has 0 aliphatic rings. The van der Waals surface area contributed by atoms with Gasteiger partial charge in [-0.15, -0.1) is 5.10 Å². The van der Waals surface area contributed by atoms with Crippen molar-refractivity contribution in [2.75, 3.05) is 11.4 Å². The normalized spacial score (nSPS) is 12.4. The Labute approximate surface area is 113 Å². The zero-order chi connectivity index (χ0) is 13.7. The van der Waals surface area contributed by atoms with E-state index in [1.165, 1.54) is 0 Å². The van der Waals surface area contributed by atoms with Crippen LogP contribution in [0.3, 0.4) is 0 Å². The zero-order valence-corrected chi connectivity index (χ0v) is 11.4. The third-order valence-electron chi connectivity index (χ3n) is 2.85. The molecule has 102 valence electrons. The monoisotopic (exact) mass is 260 g/mol. The van der Waals surface area contributed by atoms with Crippen LogP contribution < -0.4 is 10.6 Å². The van der Waals surface area contributed by atoms with Crippen LogP contribution in [0.1, 0.15) is 38.6 Å². The van der Waals surface area contributed by atoms with Gasteiger partial charge in [0.2, 0.25) is 5.89 Å². The van der Waals surface area contributed by atoms with E-state index in [2.05, 4.69) is 17.1 Å². The maximum Gasteiger partial charge on any atom is 0.322 e. The molecule has 0 saturated heterocycles. The van der Waals surface area contributed by atoms with E-state index in [1.807, 2.05) is 42.2 Å². The standard InChI is InChI=1S/C14H20N4O/c1-3-4-10-18(12-8-6-5-7-9-12)14-17-16-13(19-14)11(2)15/h5-9,11H,3-4,10,15H2,1-2H3. The fraction of sp³-hybridized carbons (Fsp3) is 0.429. The number of nitrogens with two attached hydrogens (primary N) is 1. The fourth-order valence-corrected chi connectivity index (χ4v) is 1.78. The predicted octanol–water partition coefficient (Wildman–Crippen LogP) is 3.03. The molecule has 5 heteroatoms. The van der Waals surface area contributed by atoms with Crippen molar-refractivity contribution >= 4 is 11.7 Å². The Kier molecular flexibility index (Phi) is 4.52. The van der Waals surface area contributed by atoms with Gasteiger partial charge in [-0.2, -0.15) is 0 Å². The van der Waals surface area contributed by atoms with Crippen molar-refractivity contribution in [3.63, 3.8) is 0 Å². The summed E-state index contributed by atoms with van der Waals surface area (Å²) in [6, 6.07) is 10.3. The van der Waals surface area contributed by atoms with Crippen LogP contribution in [0.2, 0.25) is 0 Å². The number of para-hydroxylation sites is 1. The Bertz CT molecular complexity index is 495. The van der Waals surface area contributed by atoms with Gasteiger partial charge < -0.3 is 10.2 Å². The summed E-state index contributed by atoms with van der Waals surface area (Å²) < 4.78 is 5.64. The van der Waals surface area contributed by atoms with E-state index in [1.54, 1.807) is 0 Å².